The molecule has 0 bridgehead atoms. The largest absolute Gasteiger partial charge is 0.505 e. The highest BCUT2D eigenvalue weighted by Crippen LogP contribution is 2.44. The Balaban J connectivity index is 1.79. The number of fused-ring (bicyclic) bond motifs is 1. The van der Waals surface area contributed by atoms with Crippen LogP contribution in [0.1, 0.15) is 50.8 Å². The van der Waals surface area contributed by atoms with Gasteiger partial charge in [-0.1, -0.05) is 35.6 Å². The number of anilines is 1. The van der Waals surface area contributed by atoms with E-state index in [-0.39, 0.29) is 27.7 Å². The summed E-state index contributed by atoms with van der Waals surface area (Å²) < 4.78 is 16.9. The summed E-state index contributed by atoms with van der Waals surface area (Å²) in [5.41, 5.74) is 2.19. The minimum absolute atomic E-state index is 0.00748. The molecule has 0 saturated carbocycles. The van der Waals surface area contributed by atoms with E-state index >= 15 is 4.39 Å². The van der Waals surface area contributed by atoms with E-state index in [0.29, 0.717) is 21.9 Å². The zero-order valence-electron chi connectivity index (χ0n) is 19.9. The molecule has 5 rings (SSSR count). The van der Waals surface area contributed by atoms with E-state index in [2.05, 4.69) is 9.97 Å². The summed E-state index contributed by atoms with van der Waals surface area (Å²) in [6.45, 7) is 6.59. The first-order valence-corrected chi connectivity index (χ1v) is 11.9. The number of imidazole rings is 1. The number of halogens is 1. The van der Waals surface area contributed by atoms with Gasteiger partial charge < -0.3 is 9.51 Å². The summed E-state index contributed by atoms with van der Waals surface area (Å²) in [5.74, 6) is -3.39. The Hall–Kier alpha value is -4.18. The van der Waals surface area contributed by atoms with Crippen LogP contribution < -0.4 is 4.90 Å². The molecule has 182 valence electrons. The molecule has 0 spiro atoms. The van der Waals surface area contributed by atoms with Crippen LogP contribution in [0.5, 0.6) is 0 Å². The number of ketones is 2. The second-order valence-electron chi connectivity index (χ2n) is 8.59. The van der Waals surface area contributed by atoms with Crippen molar-refractivity contribution in [1.29, 1.82) is 0 Å². The normalized spacial score (nSPS) is 17.4. The first-order chi connectivity index (χ1) is 17.1. The molecule has 4 aromatic rings. The Kier molecular flexibility index (Phi) is 5.55. The van der Waals surface area contributed by atoms with E-state index in [4.69, 9.17) is 0 Å². The van der Waals surface area contributed by atoms with Crippen molar-refractivity contribution in [2.45, 2.75) is 33.7 Å². The molecule has 0 aliphatic carbocycles. The van der Waals surface area contributed by atoms with Crippen LogP contribution in [0.15, 0.2) is 48.2 Å². The molecule has 1 unspecified atom stereocenters. The van der Waals surface area contributed by atoms with Gasteiger partial charge in [0.15, 0.2) is 16.7 Å². The predicted molar refractivity (Wildman–Crippen MR) is 133 cm³/mol. The molecular weight excluding hydrogens is 483 g/mol. The van der Waals surface area contributed by atoms with Gasteiger partial charge in [0.1, 0.15) is 23.2 Å². The first kappa shape index (κ1) is 23.6. The monoisotopic (exact) mass is 504 g/mol. The molecule has 1 fully saturated rings. The molecule has 1 N–H and O–H groups in total. The number of benzene rings is 1. The smallest absolute Gasteiger partial charge is 0.301 e. The molecule has 1 saturated heterocycles. The Morgan fingerprint density at radius 3 is 2.44 bits per heavy atom. The standard InChI is InChI=1S/C26H21FN4O4S/c1-12-8-7-11-30-14(3)19(29-24(12)30)21(33)18-20(16-9-5-6-10-17(16)27)31(25(35)22(18)34)26-28-13(2)23(36-26)15(4)32/h5-11,20,33H,1-4H3/b21-18+. The fourth-order valence-electron chi connectivity index (χ4n) is 4.51. The number of pyridine rings is 1. The number of thiazole rings is 1. The molecule has 4 heterocycles. The number of rotatable bonds is 4. The van der Waals surface area contributed by atoms with Gasteiger partial charge in [-0.15, -0.1) is 0 Å². The number of aliphatic hydroxyl groups excluding tert-OH is 1. The Morgan fingerprint density at radius 2 is 1.81 bits per heavy atom. The number of amides is 1. The van der Waals surface area contributed by atoms with E-state index in [0.717, 1.165) is 21.8 Å². The van der Waals surface area contributed by atoms with Crippen LogP contribution in [0.25, 0.3) is 11.4 Å². The fourth-order valence-corrected chi connectivity index (χ4v) is 5.50. The van der Waals surface area contributed by atoms with E-state index in [1.54, 1.807) is 30.5 Å². The lowest BCUT2D eigenvalue weighted by molar-refractivity contribution is -0.132. The van der Waals surface area contributed by atoms with E-state index in [1.165, 1.54) is 25.1 Å². The van der Waals surface area contributed by atoms with E-state index in [9.17, 15) is 19.5 Å². The highest BCUT2D eigenvalue weighted by Gasteiger charge is 2.49. The molecule has 8 nitrogen and oxygen atoms in total. The summed E-state index contributed by atoms with van der Waals surface area (Å²) in [7, 11) is 0. The highest BCUT2D eigenvalue weighted by atomic mass is 32.1. The zero-order chi connectivity index (χ0) is 25.9. The maximum Gasteiger partial charge on any atom is 0.301 e. The number of nitrogens with zero attached hydrogens (tertiary/aromatic N) is 4. The Bertz CT molecular complexity index is 1630. The number of aliphatic hydroxyl groups is 1. The summed E-state index contributed by atoms with van der Waals surface area (Å²) in [6.07, 6.45) is 1.77. The van der Waals surface area contributed by atoms with Gasteiger partial charge in [0, 0.05) is 18.7 Å². The lowest BCUT2D eigenvalue weighted by atomic mass is 9.96. The number of hydrogen-bond donors (Lipinski definition) is 1. The van der Waals surface area contributed by atoms with Gasteiger partial charge in [0.05, 0.1) is 21.8 Å². The van der Waals surface area contributed by atoms with Crippen molar-refractivity contribution in [3.8, 4) is 0 Å². The lowest BCUT2D eigenvalue weighted by Crippen LogP contribution is -2.29. The van der Waals surface area contributed by atoms with Gasteiger partial charge in [-0.3, -0.25) is 19.3 Å². The quantitative estimate of drug-likeness (QED) is 0.187. The van der Waals surface area contributed by atoms with Crippen LogP contribution in [-0.2, 0) is 9.59 Å². The lowest BCUT2D eigenvalue weighted by Gasteiger charge is -2.23. The Morgan fingerprint density at radius 1 is 1.08 bits per heavy atom. The third-order valence-corrected chi connectivity index (χ3v) is 7.52. The van der Waals surface area contributed by atoms with Gasteiger partial charge in [-0.25, -0.2) is 14.4 Å². The second-order valence-corrected chi connectivity index (χ2v) is 9.57. The number of carbonyl (C=O) groups excluding carboxylic acids is 3. The van der Waals surface area contributed by atoms with Gasteiger partial charge in [-0.2, -0.15) is 0 Å². The summed E-state index contributed by atoms with van der Waals surface area (Å²) in [6, 6.07) is 8.11. The van der Waals surface area contributed by atoms with Crippen LogP contribution in [0, 0.1) is 26.6 Å². The van der Waals surface area contributed by atoms with Crippen LogP contribution >= 0.6 is 11.3 Å². The maximum absolute atomic E-state index is 15.1. The van der Waals surface area contributed by atoms with Crippen molar-refractivity contribution in [3.63, 3.8) is 0 Å². The Labute approximate surface area is 209 Å². The molecule has 0 radical (unpaired) electrons. The molecule has 1 aliphatic rings. The van der Waals surface area contributed by atoms with Crippen LogP contribution in [0.3, 0.4) is 0 Å². The highest BCUT2D eigenvalue weighted by molar-refractivity contribution is 7.18. The van der Waals surface area contributed by atoms with Gasteiger partial charge in [0.25, 0.3) is 5.78 Å². The SMILES string of the molecule is CC(=O)c1sc(N2C(=O)C(=O)/C(=C(/O)c3nc4c(C)cccn4c3C)C2c2ccccc2F)nc1C. The van der Waals surface area contributed by atoms with E-state index in [1.807, 2.05) is 19.1 Å². The summed E-state index contributed by atoms with van der Waals surface area (Å²) in [4.78, 5) is 48.9. The van der Waals surface area contributed by atoms with Crippen molar-refractivity contribution in [3.05, 3.63) is 87.1 Å². The van der Waals surface area contributed by atoms with Crippen LogP contribution in [0.4, 0.5) is 9.52 Å². The van der Waals surface area contributed by atoms with Crippen LogP contribution in [-0.4, -0.2) is 36.9 Å². The number of aryl methyl sites for hydroxylation is 3. The fraction of sp³-hybridized carbons (Fsp3) is 0.192. The zero-order valence-corrected chi connectivity index (χ0v) is 20.7. The van der Waals surface area contributed by atoms with Crippen molar-refractivity contribution in [2.75, 3.05) is 4.90 Å². The second kappa shape index (κ2) is 8.49. The molecule has 36 heavy (non-hydrogen) atoms. The molecule has 3 aromatic heterocycles. The topological polar surface area (TPSA) is 105 Å². The van der Waals surface area contributed by atoms with Crippen molar-refractivity contribution < 1.29 is 23.9 Å². The third-order valence-electron chi connectivity index (χ3n) is 6.26. The van der Waals surface area contributed by atoms with Crippen molar-refractivity contribution in [1.82, 2.24) is 14.4 Å². The number of hydrogen-bond acceptors (Lipinski definition) is 7. The number of Topliss-reactive ketones (excluding diaryl/α,β-unsaturated/α-hetero) is 2. The van der Waals surface area contributed by atoms with Crippen LogP contribution in [0.2, 0.25) is 0 Å². The van der Waals surface area contributed by atoms with Crippen molar-refractivity contribution >= 4 is 45.3 Å². The number of carbonyl (C=O) groups is 3. The molecule has 1 aliphatic heterocycles. The predicted octanol–water partition coefficient (Wildman–Crippen LogP) is 4.68. The molecular formula is C26H21FN4O4S. The van der Waals surface area contributed by atoms with Gasteiger partial charge in [0.2, 0.25) is 0 Å². The summed E-state index contributed by atoms with van der Waals surface area (Å²) in [5, 5.41) is 11.5. The average Bonchev–Trinajstić information content (AvgIpc) is 3.47. The first-order valence-electron chi connectivity index (χ1n) is 11.1. The molecule has 1 amide bonds. The third kappa shape index (κ3) is 3.44. The average molecular weight is 505 g/mol. The van der Waals surface area contributed by atoms with E-state index < -0.39 is 29.3 Å². The van der Waals surface area contributed by atoms with Gasteiger partial charge >= 0.3 is 5.91 Å². The summed E-state index contributed by atoms with van der Waals surface area (Å²) >= 11 is 0.939. The van der Waals surface area contributed by atoms with Gasteiger partial charge in [-0.05, 0) is 38.5 Å². The minimum Gasteiger partial charge on any atom is -0.505 e. The molecule has 1 atom stereocenters. The van der Waals surface area contributed by atoms with Crippen molar-refractivity contribution in [2.24, 2.45) is 0 Å². The minimum atomic E-state index is -1.30. The molecule has 1 aromatic carbocycles. The maximum atomic E-state index is 15.1. The molecule has 10 heteroatoms. The number of aromatic nitrogens is 3.